The molecule has 1 aliphatic carbocycles. The fraction of sp³-hybridized carbons (Fsp3) is 0.625. The normalized spacial score (nSPS) is 23.4. The van der Waals surface area contributed by atoms with Crippen molar-refractivity contribution >= 4 is 29.4 Å². The first-order chi connectivity index (χ1) is 15.1. The van der Waals surface area contributed by atoms with Crippen LogP contribution in [0.3, 0.4) is 0 Å². The van der Waals surface area contributed by atoms with Crippen LogP contribution in [0.1, 0.15) is 52.9 Å². The van der Waals surface area contributed by atoms with Gasteiger partial charge in [0.05, 0.1) is 6.54 Å². The zero-order chi connectivity index (χ0) is 23.5. The summed E-state index contributed by atoms with van der Waals surface area (Å²) in [5.41, 5.74) is -0.634. The predicted molar refractivity (Wildman–Crippen MR) is 124 cm³/mol. The number of halogens is 1. The first kappa shape index (κ1) is 24.4. The highest BCUT2D eigenvalue weighted by molar-refractivity contribution is 6.30. The Labute approximate surface area is 195 Å². The van der Waals surface area contributed by atoms with Gasteiger partial charge in [-0.1, -0.05) is 44.9 Å². The molecule has 7 nitrogen and oxygen atoms in total. The van der Waals surface area contributed by atoms with E-state index in [2.05, 4.69) is 26.1 Å². The molecule has 0 radical (unpaired) electrons. The van der Waals surface area contributed by atoms with Crippen molar-refractivity contribution in [3.05, 3.63) is 29.3 Å². The summed E-state index contributed by atoms with van der Waals surface area (Å²) in [4.78, 5) is 40.9. The van der Waals surface area contributed by atoms with Crippen LogP contribution in [0.2, 0.25) is 5.02 Å². The SMILES string of the molecule is CCC(C)(C)C1CCC2(CC1)NC(=O)N(CC(=O)N(C)CCOc1cccc(Cl)c1)C2=O. The first-order valence-corrected chi connectivity index (χ1v) is 11.7. The third-order valence-corrected chi connectivity index (χ3v) is 7.55. The largest absolute Gasteiger partial charge is 0.492 e. The summed E-state index contributed by atoms with van der Waals surface area (Å²) < 4.78 is 5.62. The molecule has 1 N–H and O–H groups in total. The maximum atomic E-state index is 13.1. The molecule has 32 heavy (non-hydrogen) atoms. The number of nitrogens with zero attached hydrogens (tertiary/aromatic N) is 2. The summed E-state index contributed by atoms with van der Waals surface area (Å²) in [5.74, 6) is 0.577. The summed E-state index contributed by atoms with van der Waals surface area (Å²) >= 11 is 5.94. The maximum Gasteiger partial charge on any atom is 0.325 e. The molecule has 2 aliphatic rings. The van der Waals surface area contributed by atoms with Crippen LogP contribution in [-0.2, 0) is 9.59 Å². The van der Waals surface area contributed by atoms with E-state index in [1.54, 1.807) is 31.3 Å². The summed E-state index contributed by atoms with van der Waals surface area (Å²) in [6, 6.07) is 6.56. The fourth-order valence-electron chi connectivity index (χ4n) is 4.58. The Bertz CT molecular complexity index is 865. The summed E-state index contributed by atoms with van der Waals surface area (Å²) in [6.45, 7) is 7.07. The molecule has 1 aromatic rings. The van der Waals surface area contributed by atoms with Crippen LogP contribution >= 0.6 is 11.6 Å². The van der Waals surface area contributed by atoms with Crippen molar-refractivity contribution in [3.63, 3.8) is 0 Å². The number of carbonyl (C=O) groups excluding carboxylic acids is 3. The van der Waals surface area contributed by atoms with Crippen LogP contribution in [0.4, 0.5) is 4.79 Å². The Hall–Kier alpha value is -2.28. The fourth-order valence-corrected chi connectivity index (χ4v) is 4.76. The van der Waals surface area contributed by atoms with Gasteiger partial charge in [0.1, 0.15) is 24.4 Å². The minimum Gasteiger partial charge on any atom is -0.492 e. The Kier molecular flexibility index (Phi) is 7.38. The zero-order valence-electron chi connectivity index (χ0n) is 19.4. The number of ether oxygens (including phenoxy) is 1. The average molecular weight is 464 g/mol. The van der Waals surface area contributed by atoms with Crippen LogP contribution in [0, 0.1) is 11.3 Å². The number of rotatable bonds is 8. The van der Waals surface area contributed by atoms with Gasteiger partial charge in [-0.3, -0.25) is 14.5 Å². The third-order valence-electron chi connectivity index (χ3n) is 7.31. The number of imide groups is 1. The van der Waals surface area contributed by atoms with E-state index in [4.69, 9.17) is 16.3 Å². The Morgan fingerprint density at radius 3 is 2.62 bits per heavy atom. The minimum absolute atomic E-state index is 0.221. The predicted octanol–water partition coefficient (Wildman–Crippen LogP) is 4.09. The van der Waals surface area contributed by atoms with E-state index in [1.807, 2.05) is 0 Å². The number of carbonyl (C=O) groups is 3. The lowest BCUT2D eigenvalue weighted by Gasteiger charge is -2.42. The Morgan fingerprint density at radius 1 is 1.31 bits per heavy atom. The van der Waals surface area contributed by atoms with E-state index in [-0.39, 0.29) is 30.4 Å². The van der Waals surface area contributed by atoms with Gasteiger partial charge < -0.3 is 15.0 Å². The van der Waals surface area contributed by atoms with Gasteiger partial charge in [0, 0.05) is 12.1 Å². The summed E-state index contributed by atoms with van der Waals surface area (Å²) in [5, 5.41) is 3.48. The molecule has 3 rings (SSSR count). The van der Waals surface area contributed by atoms with Gasteiger partial charge >= 0.3 is 6.03 Å². The van der Waals surface area contributed by atoms with E-state index < -0.39 is 11.6 Å². The van der Waals surface area contributed by atoms with Gasteiger partial charge in [-0.05, 0) is 55.2 Å². The number of urea groups is 1. The van der Waals surface area contributed by atoms with Crippen molar-refractivity contribution in [2.75, 3.05) is 26.7 Å². The molecular weight excluding hydrogens is 430 g/mol. The molecule has 0 aromatic heterocycles. The molecule has 4 amide bonds. The molecule has 176 valence electrons. The lowest BCUT2D eigenvalue weighted by Crippen LogP contribution is -2.51. The maximum absolute atomic E-state index is 13.1. The van der Waals surface area contributed by atoms with Crippen molar-refractivity contribution in [3.8, 4) is 5.75 Å². The highest BCUT2D eigenvalue weighted by atomic mass is 35.5. The average Bonchev–Trinajstić information content (AvgIpc) is 2.98. The van der Waals surface area contributed by atoms with Crippen LogP contribution in [0.5, 0.6) is 5.75 Å². The third kappa shape index (κ3) is 5.20. The van der Waals surface area contributed by atoms with Crippen LogP contribution in [0.15, 0.2) is 24.3 Å². The highest BCUT2D eigenvalue weighted by Crippen LogP contribution is 2.45. The molecule has 0 unspecified atom stereocenters. The lowest BCUT2D eigenvalue weighted by atomic mass is 9.65. The van der Waals surface area contributed by atoms with Gasteiger partial charge in [-0.15, -0.1) is 0 Å². The quantitative estimate of drug-likeness (QED) is 0.589. The summed E-state index contributed by atoms with van der Waals surface area (Å²) in [6.07, 6.45) is 4.13. The molecule has 1 spiro atoms. The lowest BCUT2D eigenvalue weighted by molar-refractivity contribution is -0.139. The number of amides is 4. The second-order valence-electron chi connectivity index (χ2n) is 9.64. The standard InChI is InChI=1S/C24H34ClN3O4/c1-5-23(2,3)17-9-11-24(12-10-17)21(30)28(22(31)26-24)16-20(29)27(4)13-14-32-19-8-6-7-18(25)15-19/h6-8,15,17H,5,9-14,16H2,1-4H3,(H,26,31). The molecule has 1 aliphatic heterocycles. The molecule has 2 fully saturated rings. The van der Waals surface area contributed by atoms with E-state index >= 15 is 0 Å². The molecule has 0 bridgehead atoms. The molecule has 1 saturated carbocycles. The van der Waals surface area contributed by atoms with Crippen molar-refractivity contribution in [2.45, 2.75) is 58.4 Å². The highest BCUT2D eigenvalue weighted by Gasteiger charge is 2.53. The number of likely N-dealkylation sites (N-methyl/N-ethyl adjacent to an activating group) is 1. The smallest absolute Gasteiger partial charge is 0.325 e. The molecule has 1 aromatic carbocycles. The van der Waals surface area contributed by atoms with Gasteiger partial charge in [0.2, 0.25) is 5.91 Å². The van der Waals surface area contributed by atoms with Gasteiger partial charge in [-0.25, -0.2) is 4.79 Å². The van der Waals surface area contributed by atoms with Gasteiger partial charge in [-0.2, -0.15) is 0 Å². The van der Waals surface area contributed by atoms with E-state index in [9.17, 15) is 14.4 Å². The second kappa shape index (κ2) is 9.69. The van der Waals surface area contributed by atoms with Gasteiger partial charge in [0.25, 0.3) is 5.91 Å². The molecular formula is C24H34ClN3O4. The number of nitrogens with one attached hydrogen (secondary N) is 1. The van der Waals surface area contributed by atoms with Gasteiger partial charge in [0.15, 0.2) is 0 Å². The van der Waals surface area contributed by atoms with Crippen molar-refractivity contribution < 1.29 is 19.1 Å². The monoisotopic (exact) mass is 463 g/mol. The van der Waals surface area contributed by atoms with E-state index in [1.165, 1.54) is 4.90 Å². The Balaban J connectivity index is 1.52. The first-order valence-electron chi connectivity index (χ1n) is 11.3. The number of hydrogen-bond acceptors (Lipinski definition) is 4. The number of hydrogen-bond donors (Lipinski definition) is 1. The Morgan fingerprint density at radius 2 is 2.00 bits per heavy atom. The minimum atomic E-state index is -0.855. The van der Waals surface area contributed by atoms with Crippen LogP contribution in [0.25, 0.3) is 0 Å². The topological polar surface area (TPSA) is 79.0 Å². The van der Waals surface area contributed by atoms with Crippen molar-refractivity contribution in [2.24, 2.45) is 11.3 Å². The van der Waals surface area contributed by atoms with Crippen LogP contribution < -0.4 is 10.1 Å². The molecule has 8 heteroatoms. The molecule has 0 atom stereocenters. The van der Waals surface area contributed by atoms with Crippen LogP contribution in [-0.4, -0.2) is 59.9 Å². The number of benzene rings is 1. The van der Waals surface area contributed by atoms with E-state index in [0.29, 0.717) is 36.1 Å². The van der Waals surface area contributed by atoms with Crippen molar-refractivity contribution in [1.29, 1.82) is 0 Å². The van der Waals surface area contributed by atoms with E-state index in [0.717, 1.165) is 24.2 Å². The second-order valence-corrected chi connectivity index (χ2v) is 10.1. The molecule has 1 saturated heterocycles. The molecule has 1 heterocycles. The zero-order valence-corrected chi connectivity index (χ0v) is 20.2. The van der Waals surface area contributed by atoms with Crippen molar-refractivity contribution in [1.82, 2.24) is 15.1 Å². The summed E-state index contributed by atoms with van der Waals surface area (Å²) in [7, 11) is 1.63.